The summed E-state index contributed by atoms with van der Waals surface area (Å²) in [6, 6.07) is 6.00. The number of aryl methyl sites for hydroxylation is 1. The van der Waals surface area contributed by atoms with Crippen LogP contribution in [0, 0.1) is 0 Å². The number of rotatable bonds is 12. The minimum Gasteiger partial charge on any atom is -0.493 e. The zero-order chi connectivity index (χ0) is 30.2. The van der Waals surface area contributed by atoms with Crippen LogP contribution in [0.1, 0.15) is 49.8 Å². The van der Waals surface area contributed by atoms with Gasteiger partial charge in [-0.3, -0.25) is 14.4 Å². The van der Waals surface area contributed by atoms with Crippen LogP contribution in [0.15, 0.2) is 29.1 Å². The summed E-state index contributed by atoms with van der Waals surface area (Å²) in [6.07, 6.45) is 5.63. The van der Waals surface area contributed by atoms with Crippen LogP contribution in [0.2, 0.25) is 0 Å². The van der Waals surface area contributed by atoms with Gasteiger partial charge in [-0.25, -0.2) is 0 Å². The number of thioether (sulfide) groups is 1. The average Bonchev–Trinajstić information content (AvgIpc) is 3.40. The minimum atomic E-state index is -0.605. The largest absolute Gasteiger partial charge is 0.493 e. The van der Waals surface area contributed by atoms with Crippen LogP contribution in [0.3, 0.4) is 0 Å². The number of amides is 2. The Bertz CT molecular complexity index is 1350. The summed E-state index contributed by atoms with van der Waals surface area (Å²) in [5.74, 6) is 1.82. The van der Waals surface area contributed by atoms with Crippen molar-refractivity contribution in [2.24, 2.45) is 0 Å². The first-order chi connectivity index (χ1) is 20.3. The molecule has 4 rings (SSSR count). The molecule has 1 aliphatic carbocycles. The van der Waals surface area contributed by atoms with Crippen LogP contribution in [0.5, 0.6) is 17.2 Å². The highest BCUT2D eigenvalue weighted by molar-refractivity contribution is 7.98. The van der Waals surface area contributed by atoms with Crippen molar-refractivity contribution in [1.29, 1.82) is 0 Å². The molecule has 10 nitrogen and oxygen atoms in total. The molecule has 0 saturated carbocycles. The lowest BCUT2D eigenvalue weighted by Crippen LogP contribution is -2.43. The number of anilines is 1. The van der Waals surface area contributed by atoms with Gasteiger partial charge in [-0.1, -0.05) is 6.07 Å². The lowest BCUT2D eigenvalue weighted by Gasteiger charge is -2.20. The highest BCUT2D eigenvalue weighted by Crippen LogP contribution is 2.50. The number of carbonyl (C=O) groups is 2. The molecule has 0 spiro atoms. The predicted molar refractivity (Wildman–Crippen MR) is 165 cm³/mol. The van der Waals surface area contributed by atoms with E-state index in [0.717, 1.165) is 35.3 Å². The van der Waals surface area contributed by atoms with E-state index in [4.69, 9.17) is 18.9 Å². The van der Waals surface area contributed by atoms with Gasteiger partial charge in [0.25, 0.3) is 0 Å². The maximum Gasteiger partial charge on any atom is 0.242 e. The SMILES string of the molecule is COc1cc2c(c(OC)c1OC)-c1ccc(NC(CCSC)C(=O)NCC3CCCO3)c(=O)cc1C(NC(C)=O)CC2. The van der Waals surface area contributed by atoms with Crippen LogP contribution in [-0.2, 0) is 20.7 Å². The highest BCUT2D eigenvalue weighted by Gasteiger charge is 2.30. The molecule has 2 aromatic rings. The summed E-state index contributed by atoms with van der Waals surface area (Å²) >= 11 is 1.64. The minimum absolute atomic E-state index is 0.0202. The van der Waals surface area contributed by atoms with Gasteiger partial charge in [-0.05, 0) is 79.0 Å². The number of carbonyl (C=O) groups excluding carboxylic acids is 2. The van der Waals surface area contributed by atoms with Gasteiger partial charge in [0.1, 0.15) is 6.04 Å². The summed E-state index contributed by atoms with van der Waals surface area (Å²) in [6.45, 7) is 2.62. The van der Waals surface area contributed by atoms with E-state index in [2.05, 4.69) is 16.0 Å². The molecule has 0 radical (unpaired) electrons. The Kier molecular flexibility index (Phi) is 11.0. The van der Waals surface area contributed by atoms with Gasteiger partial charge in [-0.15, -0.1) is 0 Å². The summed E-state index contributed by atoms with van der Waals surface area (Å²) in [4.78, 5) is 39.2. The number of fused-ring (bicyclic) bond motifs is 3. The van der Waals surface area contributed by atoms with Crippen molar-refractivity contribution in [3.05, 3.63) is 45.6 Å². The van der Waals surface area contributed by atoms with Gasteiger partial charge < -0.3 is 34.9 Å². The van der Waals surface area contributed by atoms with Crippen LogP contribution >= 0.6 is 11.8 Å². The average molecular weight is 600 g/mol. The fourth-order valence-corrected chi connectivity index (χ4v) is 6.13. The van der Waals surface area contributed by atoms with Gasteiger partial charge in [0.2, 0.25) is 23.0 Å². The van der Waals surface area contributed by atoms with E-state index in [1.165, 1.54) is 6.92 Å². The monoisotopic (exact) mass is 599 g/mol. The summed E-state index contributed by atoms with van der Waals surface area (Å²) < 4.78 is 22.8. The molecule has 11 heteroatoms. The quantitative estimate of drug-likeness (QED) is 0.335. The van der Waals surface area contributed by atoms with E-state index in [1.54, 1.807) is 45.2 Å². The van der Waals surface area contributed by atoms with Crippen molar-refractivity contribution in [2.45, 2.75) is 57.2 Å². The Labute approximate surface area is 251 Å². The molecule has 1 saturated heterocycles. The van der Waals surface area contributed by atoms with Gasteiger partial charge in [-0.2, -0.15) is 11.8 Å². The summed E-state index contributed by atoms with van der Waals surface area (Å²) in [5.41, 5.74) is 3.12. The second kappa shape index (κ2) is 14.6. The first-order valence-electron chi connectivity index (χ1n) is 14.2. The van der Waals surface area contributed by atoms with Gasteiger partial charge in [0.05, 0.1) is 39.2 Å². The third-order valence-electron chi connectivity index (χ3n) is 7.70. The maximum atomic E-state index is 13.7. The molecule has 3 N–H and O–H groups in total. The fraction of sp³-hybridized carbons (Fsp3) is 0.516. The van der Waals surface area contributed by atoms with E-state index in [-0.39, 0.29) is 23.3 Å². The van der Waals surface area contributed by atoms with E-state index in [1.807, 2.05) is 18.4 Å². The predicted octanol–water partition coefficient (Wildman–Crippen LogP) is 3.69. The Morgan fingerprint density at radius 1 is 1.10 bits per heavy atom. The Hall–Kier alpha value is -3.44. The molecule has 1 heterocycles. The van der Waals surface area contributed by atoms with E-state index >= 15 is 0 Å². The molecular formula is C31H41N3O7S. The van der Waals surface area contributed by atoms with Crippen LogP contribution in [-0.4, -0.2) is 70.4 Å². The highest BCUT2D eigenvalue weighted by atomic mass is 32.2. The Morgan fingerprint density at radius 2 is 1.88 bits per heavy atom. The molecule has 1 fully saturated rings. The number of ether oxygens (including phenoxy) is 4. The molecule has 3 atom stereocenters. The van der Waals surface area contributed by atoms with Crippen molar-refractivity contribution >= 4 is 29.3 Å². The van der Waals surface area contributed by atoms with Crippen LogP contribution in [0.4, 0.5) is 5.69 Å². The molecule has 2 amide bonds. The fourth-order valence-electron chi connectivity index (χ4n) is 5.66. The summed E-state index contributed by atoms with van der Waals surface area (Å²) in [7, 11) is 4.68. The zero-order valence-electron chi connectivity index (χ0n) is 25.0. The van der Waals surface area contributed by atoms with Crippen molar-refractivity contribution in [3.63, 3.8) is 0 Å². The third kappa shape index (κ3) is 7.12. The van der Waals surface area contributed by atoms with Crippen molar-refractivity contribution in [3.8, 4) is 28.4 Å². The first-order valence-corrected chi connectivity index (χ1v) is 15.6. The molecule has 0 bridgehead atoms. The number of methoxy groups -OCH3 is 3. The normalized spacial score (nSPS) is 18.1. The van der Waals surface area contributed by atoms with Gasteiger partial charge >= 0.3 is 0 Å². The number of nitrogens with one attached hydrogen (secondary N) is 3. The third-order valence-corrected chi connectivity index (χ3v) is 8.34. The molecule has 228 valence electrons. The molecule has 2 aliphatic rings. The zero-order valence-corrected chi connectivity index (χ0v) is 25.8. The molecule has 1 aliphatic heterocycles. The standard InChI is InChI=1S/C31H41N3O7S/c1-18(35)33-23-10-8-19-15-27(38-2)29(39-3)30(40-4)28(19)21-9-11-24(26(36)16-22(21)23)34-25(12-14-42-5)31(37)32-17-20-7-6-13-41-20/h9,11,15-16,20,23,25H,6-8,10,12-14,17H2,1-5H3,(H,32,37)(H,33,35)(H,34,36). The van der Waals surface area contributed by atoms with E-state index < -0.39 is 12.1 Å². The number of hydrogen-bond acceptors (Lipinski definition) is 9. The first kappa shape index (κ1) is 31.5. The lowest BCUT2D eigenvalue weighted by atomic mass is 9.95. The van der Waals surface area contributed by atoms with E-state index in [0.29, 0.717) is 60.9 Å². The van der Waals surface area contributed by atoms with Gasteiger partial charge in [0, 0.05) is 25.6 Å². The number of benzene rings is 1. The molecular weight excluding hydrogens is 558 g/mol. The maximum absolute atomic E-state index is 13.7. The number of hydrogen-bond donors (Lipinski definition) is 3. The Balaban J connectivity index is 1.79. The van der Waals surface area contributed by atoms with Crippen LogP contribution in [0.25, 0.3) is 11.1 Å². The molecule has 3 unspecified atom stereocenters. The van der Waals surface area contributed by atoms with E-state index in [9.17, 15) is 14.4 Å². The molecule has 0 aromatic heterocycles. The second-order valence-corrected chi connectivity index (χ2v) is 11.4. The van der Waals surface area contributed by atoms with Crippen molar-refractivity contribution < 1.29 is 28.5 Å². The van der Waals surface area contributed by atoms with Gasteiger partial charge in [0.15, 0.2) is 11.5 Å². The smallest absolute Gasteiger partial charge is 0.242 e. The lowest BCUT2D eigenvalue weighted by molar-refractivity contribution is -0.122. The summed E-state index contributed by atoms with van der Waals surface area (Å²) in [5, 5.41) is 9.24. The topological polar surface area (TPSA) is 124 Å². The van der Waals surface area contributed by atoms with Crippen molar-refractivity contribution in [2.75, 3.05) is 51.8 Å². The van der Waals surface area contributed by atoms with Crippen LogP contribution < -0.4 is 35.6 Å². The van der Waals surface area contributed by atoms with Crippen molar-refractivity contribution in [1.82, 2.24) is 10.6 Å². The Morgan fingerprint density at radius 3 is 2.52 bits per heavy atom. The molecule has 2 aromatic carbocycles. The second-order valence-electron chi connectivity index (χ2n) is 10.5. The molecule has 42 heavy (non-hydrogen) atoms.